The van der Waals surface area contributed by atoms with Crippen LogP contribution in [-0.2, 0) is 10.0 Å². The van der Waals surface area contributed by atoms with Crippen LogP contribution in [0.2, 0.25) is 0 Å². The lowest BCUT2D eigenvalue weighted by molar-refractivity contribution is 0.0964. The Labute approximate surface area is 168 Å². The fourth-order valence-corrected chi connectivity index (χ4v) is 3.12. The van der Waals surface area contributed by atoms with Crippen molar-refractivity contribution in [1.82, 2.24) is 10.3 Å². The van der Waals surface area contributed by atoms with Crippen LogP contribution in [0.1, 0.15) is 29.8 Å². The molecule has 0 radical (unpaired) electrons. The van der Waals surface area contributed by atoms with Gasteiger partial charge in [-0.2, -0.15) is 4.98 Å². The number of rotatable bonds is 5. The first-order chi connectivity index (χ1) is 13.7. The van der Waals surface area contributed by atoms with Gasteiger partial charge in [0.05, 0.1) is 17.2 Å². The van der Waals surface area contributed by atoms with Crippen molar-refractivity contribution in [2.75, 3.05) is 18.0 Å². The number of halogens is 1. The first-order valence-corrected chi connectivity index (χ1v) is 10.7. The second-order valence-corrected chi connectivity index (χ2v) is 7.50. The number of sulfonamides is 1. The van der Waals surface area contributed by atoms with E-state index in [1.54, 1.807) is 6.07 Å². The third kappa shape index (κ3) is 4.80. The summed E-state index contributed by atoms with van der Waals surface area (Å²) >= 11 is 0. The molecule has 0 saturated carbocycles. The largest absolute Gasteiger partial charge is 0.437 e. The number of amides is 1. The number of hydrogen-bond donors (Lipinski definition) is 2. The van der Waals surface area contributed by atoms with Gasteiger partial charge in [0.1, 0.15) is 11.6 Å². The number of anilines is 1. The Morgan fingerprint density at radius 3 is 2.38 bits per heavy atom. The lowest BCUT2D eigenvalue weighted by atomic mass is 10.0. The molecule has 0 unspecified atom stereocenters. The number of nitrogens with one attached hydrogen (secondary N) is 2. The van der Waals surface area contributed by atoms with Crippen LogP contribution in [0.25, 0.3) is 28.5 Å². The van der Waals surface area contributed by atoms with Gasteiger partial charge in [0, 0.05) is 18.2 Å². The maximum absolute atomic E-state index is 13.2. The molecular formula is C20H22FN3O4S. The summed E-state index contributed by atoms with van der Waals surface area (Å²) in [5.74, 6) is -0.622. The number of nitrogens with zero attached hydrogens (tertiary/aromatic N) is 1. The van der Waals surface area contributed by atoms with Gasteiger partial charge in [-0.15, -0.1) is 0 Å². The molecule has 0 atom stereocenters. The minimum Gasteiger partial charge on any atom is -0.437 e. The van der Waals surface area contributed by atoms with Gasteiger partial charge < -0.3 is 9.73 Å². The highest BCUT2D eigenvalue weighted by Crippen LogP contribution is 2.35. The standard InChI is InChI=1S/C18H16FN3O4S.C2H6/c1-4-10-9-13-14(17(23)20-2)15(11-5-7-12(19)8-6-11)26-18(13)21-16(10)22-27(3,24)25;1-2/h4-9H,1H2,2-3H3,(H,20,23)(H,21,22);1-2H3. The van der Waals surface area contributed by atoms with Crippen molar-refractivity contribution in [1.29, 1.82) is 0 Å². The number of carbonyl (C=O) groups is 1. The van der Waals surface area contributed by atoms with E-state index in [4.69, 9.17) is 4.42 Å². The molecule has 7 nitrogen and oxygen atoms in total. The van der Waals surface area contributed by atoms with E-state index in [-0.39, 0.29) is 22.9 Å². The van der Waals surface area contributed by atoms with E-state index in [0.29, 0.717) is 16.5 Å². The smallest absolute Gasteiger partial charge is 0.255 e. The van der Waals surface area contributed by atoms with Crippen LogP contribution < -0.4 is 10.0 Å². The van der Waals surface area contributed by atoms with E-state index in [1.807, 2.05) is 13.8 Å². The van der Waals surface area contributed by atoms with Crippen molar-refractivity contribution in [3.63, 3.8) is 0 Å². The zero-order valence-electron chi connectivity index (χ0n) is 16.5. The van der Waals surface area contributed by atoms with Crippen LogP contribution in [0.4, 0.5) is 10.2 Å². The predicted octanol–water partition coefficient (Wildman–Crippen LogP) is 4.03. The summed E-state index contributed by atoms with van der Waals surface area (Å²) < 4.78 is 44.4. The molecule has 1 aromatic carbocycles. The summed E-state index contributed by atoms with van der Waals surface area (Å²) in [6, 6.07) is 7.00. The van der Waals surface area contributed by atoms with Crippen LogP contribution in [0.5, 0.6) is 0 Å². The third-order valence-corrected chi connectivity index (χ3v) is 4.34. The number of benzene rings is 1. The summed E-state index contributed by atoms with van der Waals surface area (Å²) in [7, 11) is -2.11. The topological polar surface area (TPSA) is 101 Å². The molecular weight excluding hydrogens is 397 g/mol. The maximum Gasteiger partial charge on any atom is 0.255 e. The average molecular weight is 419 g/mol. The number of furan rings is 1. The summed E-state index contributed by atoms with van der Waals surface area (Å²) in [5.41, 5.74) is 1.13. The molecule has 0 aliphatic rings. The zero-order chi connectivity index (χ0) is 21.8. The summed E-state index contributed by atoms with van der Waals surface area (Å²) in [4.78, 5) is 16.6. The summed E-state index contributed by atoms with van der Waals surface area (Å²) in [5, 5.41) is 2.91. The first kappa shape index (κ1) is 22.1. The molecule has 3 aromatic rings. The third-order valence-electron chi connectivity index (χ3n) is 3.77. The van der Waals surface area contributed by atoms with Crippen LogP contribution in [0.15, 0.2) is 41.3 Å². The molecule has 0 fully saturated rings. The number of aromatic nitrogens is 1. The monoisotopic (exact) mass is 419 g/mol. The highest BCUT2D eigenvalue weighted by Gasteiger charge is 2.24. The second kappa shape index (κ2) is 8.87. The minimum absolute atomic E-state index is 0.0304. The molecule has 0 aliphatic carbocycles. The van der Waals surface area contributed by atoms with Gasteiger partial charge in [-0.25, -0.2) is 12.8 Å². The molecule has 2 N–H and O–H groups in total. The zero-order valence-corrected chi connectivity index (χ0v) is 17.4. The Kier molecular flexibility index (Phi) is 6.76. The molecule has 0 saturated heterocycles. The van der Waals surface area contributed by atoms with Gasteiger partial charge in [0.25, 0.3) is 5.91 Å². The van der Waals surface area contributed by atoms with E-state index in [2.05, 4.69) is 21.6 Å². The molecule has 3 rings (SSSR count). The van der Waals surface area contributed by atoms with Crippen molar-refractivity contribution in [3.8, 4) is 11.3 Å². The number of pyridine rings is 1. The molecule has 1 amide bonds. The van der Waals surface area contributed by atoms with E-state index < -0.39 is 21.7 Å². The van der Waals surface area contributed by atoms with Crippen molar-refractivity contribution >= 4 is 38.9 Å². The van der Waals surface area contributed by atoms with Crippen molar-refractivity contribution in [2.24, 2.45) is 0 Å². The Morgan fingerprint density at radius 2 is 1.86 bits per heavy atom. The number of fused-ring (bicyclic) bond motifs is 1. The average Bonchev–Trinajstić information content (AvgIpc) is 3.05. The highest BCUT2D eigenvalue weighted by atomic mass is 32.2. The molecule has 9 heteroatoms. The van der Waals surface area contributed by atoms with Gasteiger partial charge >= 0.3 is 0 Å². The van der Waals surface area contributed by atoms with E-state index >= 15 is 0 Å². The predicted molar refractivity (Wildman–Crippen MR) is 113 cm³/mol. The lowest BCUT2D eigenvalue weighted by Crippen LogP contribution is -2.18. The molecule has 0 bridgehead atoms. The quantitative estimate of drug-likeness (QED) is 0.650. The molecule has 154 valence electrons. The van der Waals surface area contributed by atoms with E-state index in [0.717, 1.165) is 6.26 Å². The minimum atomic E-state index is -3.58. The van der Waals surface area contributed by atoms with Gasteiger partial charge in [-0.05, 0) is 30.3 Å². The second-order valence-electron chi connectivity index (χ2n) is 5.75. The van der Waals surface area contributed by atoms with Gasteiger partial charge in [0.15, 0.2) is 5.82 Å². The van der Waals surface area contributed by atoms with E-state index in [1.165, 1.54) is 37.4 Å². The number of carbonyl (C=O) groups excluding carboxylic acids is 1. The van der Waals surface area contributed by atoms with E-state index in [9.17, 15) is 17.6 Å². The summed E-state index contributed by atoms with van der Waals surface area (Å²) in [6.45, 7) is 7.65. The first-order valence-electron chi connectivity index (χ1n) is 8.79. The fraction of sp³-hybridized carbons (Fsp3) is 0.200. The summed E-state index contributed by atoms with van der Waals surface area (Å²) in [6.07, 6.45) is 2.41. The SMILES string of the molecule is C=Cc1cc2c(C(=O)NC)c(-c3ccc(F)cc3)oc2nc1NS(C)(=O)=O.CC. The highest BCUT2D eigenvalue weighted by molar-refractivity contribution is 7.92. The van der Waals surface area contributed by atoms with Gasteiger partial charge in [-0.3, -0.25) is 9.52 Å². The maximum atomic E-state index is 13.2. The molecule has 0 aliphatic heterocycles. The normalized spacial score (nSPS) is 10.8. The molecule has 0 spiro atoms. The Balaban J connectivity index is 0.00000145. The van der Waals surface area contributed by atoms with Crippen molar-refractivity contribution in [3.05, 3.63) is 53.9 Å². The van der Waals surface area contributed by atoms with Crippen LogP contribution in [-0.4, -0.2) is 32.6 Å². The van der Waals surface area contributed by atoms with Crippen molar-refractivity contribution < 1.29 is 22.0 Å². The van der Waals surface area contributed by atoms with Crippen LogP contribution in [0, 0.1) is 5.82 Å². The van der Waals surface area contributed by atoms with Crippen molar-refractivity contribution in [2.45, 2.75) is 13.8 Å². The molecule has 2 heterocycles. The number of hydrogen-bond acceptors (Lipinski definition) is 5. The Morgan fingerprint density at radius 1 is 1.24 bits per heavy atom. The molecule has 2 aromatic heterocycles. The Hall–Kier alpha value is -3.20. The van der Waals surface area contributed by atoms with Gasteiger partial charge in [-0.1, -0.05) is 26.5 Å². The lowest BCUT2D eigenvalue weighted by Gasteiger charge is -2.06. The van der Waals surface area contributed by atoms with Crippen LogP contribution in [0.3, 0.4) is 0 Å². The van der Waals surface area contributed by atoms with Crippen LogP contribution >= 0.6 is 0 Å². The molecule has 29 heavy (non-hydrogen) atoms. The Bertz CT molecular complexity index is 1150. The fourth-order valence-electron chi connectivity index (χ4n) is 2.61. The van der Waals surface area contributed by atoms with Gasteiger partial charge in [0.2, 0.25) is 15.7 Å².